The lowest BCUT2D eigenvalue weighted by Gasteiger charge is -2.18. The predicted molar refractivity (Wildman–Crippen MR) is 56.3 cm³/mol. The fraction of sp³-hybridized carbons (Fsp3) is 1.00. The average molecular weight is 239 g/mol. The Balaban J connectivity index is 2.15. The molecule has 0 aromatic heterocycles. The highest BCUT2D eigenvalue weighted by Gasteiger charge is 2.28. The van der Waals surface area contributed by atoms with Crippen LogP contribution in [0, 0.1) is 0 Å². The molecule has 0 amide bonds. The van der Waals surface area contributed by atoms with Gasteiger partial charge in [0.2, 0.25) is 0 Å². The van der Waals surface area contributed by atoms with Gasteiger partial charge in [-0.05, 0) is 39.2 Å². The van der Waals surface area contributed by atoms with Crippen molar-refractivity contribution in [1.29, 1.82) is 0 Å². The average Bonchev–Trinajstić information content (AvgIpc) is 2.69. The van der Waals surface area contributed by atoms with Gasteiger partial charge in [0.25, 0.3) is 0 Å². The number of nitrogens with one attached hydrogen (secondary N) is 1. The van der Waals surface area contributed by atoms with Crippen molar-refractivity contribution in [3.8, 4) is 0 Å². The van der Waals surface area contributed by atoms with Crippen LogP contribution in [-0.4, -0.2) is 32.0 Å². The highest BCUT2D eigenvalue weighted by atomic mass is 19.4. The molecule has 0 aromatic rings. The van der Waals surface area contributed by atoms with Gasteiger partial charge in [-0.3, -0.25) is 0 Å². The summed E-state index contributed by atoms with van der Waals surface area (Å²) in [4.78, 5) is 0. The van der Waals surface area contributed by atoms with Crippen molar-refractivity contribution in [2.24, 2.45) is 0 Å². The summed E-state index contributed by atoms with van der Waals surface area (Å²) >= 11 is 0. The van der Waals surface area contributed by atoms with Crippen LogP contribution in [0.2, 0.25) is 0 Å². The molecule has 1 aliphatic heterocycles. The predicted octanol–water partition coefficient (Wildman–Crippen LogP) is 2.88. The minimum atomic E-state index is -4.04. The van der Waals surface area contributed by atoms with Crippen molar-refractivity contribution in [3.05, 3.63) is 0 Å². The van der Waals surface area contributed by atoms with Crippen LogP contribution in [0.3, 0.4) is 0 Å². The number of halogens is 3. The lowest BCUT2D eigenvalue weighted by molar-refractivity contribution is -0.136. The van der Waals surface area contributed by atoms with Crippen LogP contribution in [0.1, 0.15) is 38.5 Å². The summed E-state index contributed by atoms with van der Waals surface area (Å²) in [5.74, 6) is 0. The zero-order valence-corrected chi connectivity index (χ0v) is 9.65. The van der Waals surface area contributed by atoms with E-state index in [2.05, 4.69) is 5.32 Å². The van der Waals surface area contributed by atoms with E-state index in [0.29, 0.717) is 0 Å². The minimum absolute atomic E-state index is 0.0502. The fourth-order valence-electron chi connectivity index (χ4n) is 2.03. The molecule has 0 aliphatic carbocycles. The third kappa shape index (κ3) is 5.70. The van der Waals surface area contributed by atoms with E-state index in [1.165, 1.54) is 0 Å². The Labute approximate surface area is 94.5 Å². The fourth-order valence-corrected chi connectivity index (χ4v) is 2.03. The summed E-state index contributed by atoms with van der Waals surface area (Å²) in [6.45, 7) is 0.803. The topological polar surface area (TPSA) is 21.3 Å². The summed E-state index contributed by atoms with van der Waals surface area (Å²) in [6, 6.07) is -0.0502. The van der Waals surface area contributed by atoms with Crippen molar-refractivity contribution >= 4 is 0 Å². The maximum atomic E-state index is 12.0. The number of alkyl halides is 3. The van der Waals surface area contributed by atoms with E-state index in [1.807, 2.05) is 0 Å². The van der Waals surface area contributed by atoms with Crippen LogP contribution in [0.15, 0.2) is 0 Å². The molecule has 2 atom stereocenters. The monoisotopic (exact) mass is 239 g/mol. The molecule has 1 fully saturated rings. The van der Waals surface area contributed by atoms with Crippen molar-refractivity contribution in [3.63, 3.8) is 0 Å². The third-order valence-electron chi connectivity index (χ3n) is 3.05. The second-order valence-electron chi connectivity index (χ2n) is 4.35. The van der Waals surface area contributed by atoms with E-state index >= 15 is 0 Å². The number of rotatable bonds is 6. The molecule has 0 radical (unpaired) electrons. The first-order valence-electron chi connectivity index (χ1n) is 5.87. The molecule has 1 N–H and O–H groups in total. The summed E-state index contributed by atoms with van der Waals surface area (Å²) in [5, 5.41) is 2.94. The van der Waals surface area contributed by atoms with E-state index in [4.69, 9.17) is 4.74 Å². The quantitative estimate of drug-likeness (QED) is 0.769. The molecule has 96 valence electrons. The Morgan fingerprint density at radius 1 is 1.38 bits per heavy atom. The van der Waals surface area contributed by atoms with E-state index in [1.54, 1.807) is 7.05 Å². The first-order chi connectivity index (χ1) is 7.51. The minimum Gasteiger partial charge on any atom is -0.378 e. The second-order valence-corrected chi connectivity index (χ2v) is 4.35. The zero-order valence-electron chi connectivity index (χ0n) is 9.65. The van der Waals surface area contributed by atoms with E-state index < -0.39 is 12.6 Å². The highest BCUT2D eigenvalue weighted by Crippen LogP contribution is 2.24. The van der Waals surface area contributed by atoms with Gasteiger partial charge in [0, 0.05) is 19.1 Å². The van der Waals surface area contributed by atoms with E-state index in [-0.39, 0.29) is 18.6 Å². The Bertz CT molecular complexity index is 190. The van der Waals surface area contributed by atoms with Crippen LogP contribution in [-0.2, 0) is 4.74 Å². The zero-order chi connectivity index (χ0) is 12.0. The molecule has 0 aromatic carbocycles. The van der Waals surface area contributed by atoms with Crippen molar-refractivity contribution in [2.75, 3.05) is 13.7 Å². The number of hydrogen-bond acceptors (Lipinski definition) is 2. The molecule has 2 nitrogen and oxygen atoms in total. The van der Waals surface area contributed by atoms with Crippen LogP contribution >= 0.6 is 0 Å². The summed E-state index contributed by atoms with van der Waals surface area (Å²) in [7, 11) is 1.72. The Morgan fingerprint density at radius 3 is 2.62 bits per heavy atom. The van der Waals surface area contributed by atoms with Crippen LogP contribution in [0.4, 0.5) is 13.2 Å². The van der Waals surface area contributed by atoms with Crippen LogP contribution in [0.5, 0.6) is 0 Å². The third-order valence-corrected chi connectivity index (χ3v) is 3.05. The van der Waals surface area contributed by atoms with Gasteiger partial charge in [-0.15, -0.1) is 0 Å². The maximum Gasteiger partial charge on any atom is 0.389 e. The van der Waals surface area contributed by atoms with Gasteiger partial charge in [0.1, 0.15) is 0 Å². The van der Waals surface area contributed by atoms with E-state index in [0.717, 1.165) is 32.3 Å². The number of ether oxygens (including phenoxy) is 1. The SMILES string of the molecule is CNC(CCC1CCCO1)CCC(F)(F)F. The van der Waals surface area contributed by atoms with Gasteiger partial charge in [0.05, 0.1) is 6.10 Å². The molecular formula is C11H20F3NO. The van der Waals surface area contributed by atoms with Crippen LogP contribution in [0.25, 0.3) is 0 Å². The first-order valence-corrected chi connectivity index (χ1v) is 5.87. The first kappa shape index (κ1) is 13.8. The summed E-state index contributed by atoms with van der Waals surface area (Å²) in [5.41, 5.74) is 0. The normalized spacial score (nSPS) is 23.6. The Kier molecular flexibility index (Phi) is 5.55. The molecule has 1 heterocycles. The molecule has 0 saturated carbocycles. The van der Waals surface area contributed by atoms with Gasteiger partial charge in [-0.2, -0.15) is 13.2 Å². The summed E-state index contributed by atoms with van der Waals surface area (Å²) in [6.07, 6.45) is -0.564. The second kappa shape index (κ2) is 6.45. The highest BCUT2D eigenvalue weighted by molar-refractivity contribution is 4.72. The standard InChI is InChI=1S/C11H20F3NO/c1-15-9(6-7-11(12,13)14)4-5-10-3-2-8-16-10/h9-10,15H,2-8H2,1H3. The van der Waals surface area contributed by atoms with E-state index in [9.17, 15) is 13.2 Å². The maximum absolute atomic E-state index is 12.0. The molecule has 16 heavy (non-hydrogen) atoms. The van der Waals surface area contributed by atoms with Crippen molar-refractivity contribution in [1.82, 2.24) is 5.32 Å². The lowest BCUT2D eigenvalue weighted by Crippen LogP contribution is -2.28. The molecule has 0 spiro atoms. The van der Waals surface area contributed by atoms with Gasteiger partial charge in [-0.25, -0.2) is 0 Å². The summed E-state index contributed by atoms with van der Waals surface area (Å²) < 4.78 is 41.6. The molecule has 5 heteroatoms. The molecule has 1 saturated heterocycles. The van der Waals surface area contributed by atoms with Crippen LogP contribution < -0.4 is 5.32 Å². The van der Waals surface area contributed by atoms with Gasteiger partial charge < -0.3 is 10.1 Å². The van der Waals surface area contributed by atoms with Crippen molar-refractivity contribution in [2.45, 2.75) is 56.8 Å². The Morgan fingerprint density at radius 2 is 2.12 bits per heavy atom. The van der Waals surface area contributed by atoms with Crippen molar-refractivity contribution < 1.29 is 17.9 Å². The van der Waals surface area contributed by atoms with Gasteiger partial charge in [0.15, 0.2) is 0 Å². The lowest BCUT2D eigenvalue weighted by atomic mass is 10.0. The molecule has 1 rings (SSSR count). The smallest absolute Gasteiger partial charge is 0.378 e. The molecule has 1 aliphatic rings. The largest absolute Gasteiger partial charge is 0.389 e. The molecule has 2 unspecified atom stereocenters. The molecule has 0 bridgehead atoms. The van der Waals surface area contributed by atoms with Gasteiger partial charge >= 0.3 is 6.18 Å². The number of hydrogen-bond donors (Lipinski definition) is 1. The van der Waals surface area contributed by atoms with Gasteiger partial charge in [-0.1, -0.05) is 0 Å². The molecular weight excluding hydrogens is 219 g/mol. The Hall–Kier alpha value is -0.290.